The van der Waals surface area contributed by atoms with Crippen LogP contribution in [-0.2, 0) is 4.79 Å². The third-order valence-electron chi connectivity index (χ3n) is 4.78. The number of hydrogen-bond donors (Lipinski definition) is 0. The molecule has 0 radical (unpaired) electrons. The van der Waals surface area contributed by atoms with Gasteiger partial charge in [0.2, 0.25) is 5.91 Å². The van der Waals surface area contributed by atoms with Gasteiger partial charge in [0.1, 0.15) is 17.5 Å². The summed E-state index contributed by atoms with van der Waals surface area (Å²) in [5, 5.41) is 0. The quantitative estimate of drug-likeness (QED) is 0.845. The van der Waals surface area contributed by atoms with Crippen molar-refractivity contribution in [1.29, 1.82) is 0 Å². The number of aryl methyl sites for hydroxylation is 1. The fraction of sp³-hybridized carbons (Fsp3) is 0.722. The third-order valence-corrected chi connectivity index (χ3v) is 4.78. The smallest absolute Gasteiger partial charge is 0.222 e. The Balaban J connectivity index is 1.64. The Morgan fingerprint density at radius 1 is 1.00 bits per heavy atom. The number of hydrogen-bond acceptors (Lipinski definition) is 5. The van der Waals surface area contributed by atoms with Crippen LogP contribution >= 0.6 is 0 Å². The van der Waals surface area contributed by atoms with Crippen LogP contribution < -0.4 is 9.80 Å². The Bertz CT molecular complexity index is 575. The molecule has 132 valence electrons. The lowest BCUT2D eigenvalue weighted by atomic mass is 10.1. The van der Waals surface area contributed by atoms with E-state index >= 15 is 0 Å². The van der Waals surface area contributed by atoms with Gasteiger partial charge in [-0.25, -0.2) is 9.97 Å². The van der Waals surface area contributed by atoms with Gasteiger partial charge < -0.3 is 14.7 Å². The van der Waals surface area contributed by atoms with Gasteiger partial charge in [0, 0.05) is 51.8 Å². The van der Waals surface area contributed by atoms with Crippen molar-refractivity contribution in [2.45, 2.75) is 40.0 Å². The van der Waals surface area contributed by atoms with Crippen molar-refractivity contribution in [3.05, 3.63) is 11.9 Å². The van der Waals surface area contributed by atoms with E-state index in [9.17, 15) is 4.79 Å². The molecule has 2 fully saturated rings. The summed E-state index contributed by atoms with van der Waals surface area (Å²) >= 11 is 0. The number of anilines is 2. The zero-order valence-corrected chi connectivity index (χ0v) is 15.2. The number of carbonyl (C=O) groups is 1. The molecule has 0 atom stereocenters. The molecule has 24 heavy (non-hydrogen) atoms. The van der Waals surface area contributed by atoms with E-state index in [-0.39, 0.29) is 5.91 Å². The standard InChI is InChI=1S/C18H29N5O/c1-14(2)12-18(24)23-10-8-22(9-11-23)17-13-16(19-15(3)20-17)21-6-4-5-7-21/h13-14H,4-12H2,1-3H3. The first-order chi connectivity index (χ1) is 11.5. The SMILES string of the molecule is Cc1nc(N2CCCC2)cc(N2CCN(C(=O)CC(C)C)CC2)n1. The van der Waals surface area contributed by atoms with E-state index in [1.165, 1.54) is 12.8 Å². The van der Waals surface area contributed by atoms with Crippen LogP contribution in [0.25, 0.3) is 0 Å². The van der Waals surface area contributed by atoms with E-state index in [1.807, 2.05) is 11.8 Å². The molecule has 0 spiro atoms. The highest BCUT2D eigenvalue weighted by molar-refractivity contribution is 5.76. The van der Waals surface area contributed by atoms with Crippen molar-refractivity contribution in [2.24, 2.45) is 5.92 Å². The fourth-order valence-electron chi connectivity index (χ4n) is 3.47. The molecular formula is C18H29N5O. The van der Waals surface area contributed by atoms with E-state index in [0.717, 1.165) is 56.7 Å². The van der Waals surface area contributed by atoms with Crippen molar-refractivity contribution >= 4 is 17.5 Å². The minimum Gasteiger partial charge on any atom is -0.356 e. The van der Waals surface area contributed by atoms with Gasteiger partial charge in [0.15, 0.2) is 0 Å². The molecule has 2 saturated heterocycles. The third kappa shape index (κ3) is 3.97. The van der Waals surface area contributed by atoms with Crippen molar-refractivity contribution in [3.63, 3.8) is 0 Å². The largest absolute Gasteiger partial charge is 0.356 e. The Morgan fingerprint density at radius 2 is 1.54 bits per heavy atom. The van der Waals surface area contributed by atoms with Crippen LogP contribution in [0, 0.1) is 12.8 Å². The second-order valence-corrected chi connectivity index (χ2v) is 7.29. The molecule has 6 nitrogen and oxygen atoms in total. The molecule has 0 saturated carbocycles. The highest BCUT2D eigenvalue weighted by atomic mass is 16.2. The fourth-order valence-corrected chi connectivity index (χ4v) is 3.47. The second kappa shape index (κ2) is 7.36. The molecule has 1 aromatic rings. The first-order valence-electron chi connectivity index (χ1n) is 9.16. The number of rotatable bonds is 4. The number of nitrogens with zero attached hydrogens (tertiary/aromatic N) is 5. The van der Waals surface area contributed by atoms with Gasteiger partial charge in [0.05, 0.1) is 0 Å². The maximum Gasteiger partial charge on any atom is 0.222 e. The van der Waals surface area contributed by atoms with Crippen LogP contribution in [0.3, 0.4) is 0 Å². The summed E-state index contributed by atoms with van der Waals surface area (Å²) in [7, 11) is 0. The number of aromatic nitrogens is 2. The summed E-state index contributed by atoms with van der Waals surface area (Å²) in [6, 6.07) is 2.11. The van der Waals surface area contributed by atoms with Crippen LogP contribution in [0.15, 0.2) is 6.07 Å². The average Bonchev–Trinajstić information content (AvgIpc) is 3.08. The summed E-state index contributed by atoms with van der Waals surface area (Å²) in [6.45, 7) is 11.6. The van der Waals surface area contributed by atoms with Gasteiger partial charge in [-0.1, -0.05) is 13.8 Å². The van der Waals surface area contributed by atoms with Gasteiger partial charge in [-0.05, 0) is 25.7 Å². The van der Waals surface area contributed by atoms with E-state index in [1.54, 1.807) is 0 Å². The van der Waals surface area contributed by atoms with Gasteiger partial charge in [-0.3, -0.25) is 4.79 Å². The van der Waals surface area contributed by atoms with Gasteiger partial charge >= 0.3 is 0 Å². The molecule has 3 heterocycles. The molecule has 3 rings (SSSR count). The Labute approximate surface area is 144 Å². The predicted octanol–water partition coefficient (Wildman–Crippen LogP) is 2.08. The summed E-state index contributed by atoms with van der Waals surface area (Å²) in [5.74, 6) is 3.57. The normalized spacial score (nSPS) is 18.6. The summed E-state index contributed by atoms with van der Waals surface area (Å²) in [5.41, 5.74) is 0. The van der Waals surface area contributed by atoms with Crippen molar-refractivity contribution in [1.82, 2.24) is 14.9 Å². The topological polar surface area (TPSA) is 52.6 Å². The predicted molar refractivity (Wildman–Crippen MR) is 96.5 cm³/mol. The van der Waals surface area contributed by atoms with Crippen LogP contribution in [0.4, 0.5) is 11.6 Å². The van der Waals surface area contributed by atoms with Crippen LogP contribution in [0.2, 0.25) is 0 Å². The van der Waals surface area contributed by atoms with E-state index in [0.29, 0.717) is 12.3 Å². The molecule has 1 amide bonds. The summed E-state index contributed by atoms with van der Waals surface area (Å²) in [6.07, 6.45) is 3.13. The van der Waals surface area contributed by atoms with Crippen LogP contribution in [-0.4, -0.2) is 60.0 Å². The Kier molecular flexibility index (Phi) is 5.21. The minimum atomic E-state index is 0.279. The average molecular weight is 331 g/mol. The van der Waals surface area contributed by atoms with Crippen LogP contribution in [0.1, 0.15) is 38.9 Å². The van der Waals surface area contributed by atoms with E-state index < -0.39 is 0 Å². The minimum absolute atomic E-state index is 0.279. The monoisotopic (exact) mass is 331 g/mol. The zero-order chi connectivity index (χ0) is 17.1. The maximum absolute atomic E-state index is 12.2. The highest BCUT2D eigenvalue weighted by Gasteiger charge is 2.23. The molecule has 2 aliphatic rings. The molecule has 0 aliphatic carbocycles. The first kappa shape index (κ1) is 17.0. The lowest BCUT2D eigenvalue weighted by molar-refractivity contribution is -0.132. The van der Waals surface area contributed by atoms with Crippen LogP contribution in [0.5, 0.6) is 0 Å². The molecule has 2 aliphatic heterocycles. The zero-order valence-electron chi connectivity index (χ0n) is 15.2. The Morgan fingerprint density at radius 3 is 2.08 bits per heavy atom. The van der Waals surface area contributed by atoms with E-state index in [2.05, 4.69) is 39.7 Å². The maximum atomic E-state index is 12.2. The molecule has 6 heteroatoms. The van der Waals surface area contributed by atoms with Gasteiger partial charge in [-0.15, -0.1) is 0 Å². The number of amides is 1. The second-order valence-electron chi connectivity index (χ2n) is 7.29. The number of piperazine rings is 1. The lowest BCUT2D eigenvalue weighted by Crippen LogP contribution is -2.49. The summed E-state index contributed by atoms with van der Waals surface area (Å²) < 4.78 is 0. The highest BCUT2D eigenvalue weighted by Crippen LogP contribution is 2.23. The first-order valence-corrected chi connectivity index (χ1v) is 9.16. The molecular weight excluding hydrogens is 302 g/mol. The number of carbonyl (C=O) groups excluding carboxylic acids is 1. The Hall–Kier alpha value is -1.85. The van der Waals surface area contributed by atoms with E-state index in [4.69, 9.17) is 0 Å². The molecule has 0 bridgehead atoms. The molecule has 1 aromatic heterocycles. The summed E-state index contributed by atoms with van der Waals surface area (Å²) in [4.78, 5) is 28.1. The van der Waals surface area contributed by atoms with Gasteiger partial charge in [-0.2, -0.15) is 0 Å². The molecule has 0 unspecified atom stereocenters. The van der Waals surface area contributed by atoms with Gasteiger partial charge in [0.25, 0.3) is 0 Å². The van der Waals surface area contributed by atoms with Crippen molar-refractivity contribution in [2.75, 3.05) is 49.1 Å². The van der Waals surface area contributed by atoms with Crippen molar-refractivity contribution in [3.8, 4) is 0 Å². The lowest BCUT2D eigenvalue weighted by Gasteiger charge is -2.36. The molecule has 0 N–H and O–H groups in total. The van der Waals surface area contributed by atoms with Crippen molar-refractivity contribution < 1.29 is 4.79 Å². The molecule has 0 aromatic carbocycles.